The first-order chi connectivity index (χ1) is 10.6. The molecule has 0 radical (unpaired) electrons. The Balaban J connectivity index is 2.06. The maximum atomic E-state index is 13.0. The van der Waals surface area contributed by atoms with Crippen molar-refractivity contribution in [2.75, 3.05) is 13.1 Å². The molecule has 3 rings (SSSR count). The molecular weight excluding hydrogens is 274 g/mol. The molecule has 1 saturated heterocycles. The molecule has 2 N–H and O–H groups in total. The van der Waals surface area contributed by atoms with Crippen molar-refractivity contribution in [3.63, 3.8) is 0 Å². The van der Waals surface area contributed by atoms with Gasteiger partial charge in [-0.1, -0.05) is 32.0 Å². The Morgan fingerprint density at radius 1 is 1.36 bits per heavy atom. The van der Waals surface area contributed by atoms with Crippen LogP contribution >= 0.6 is 0 Å². The quantitative estimate of drug-likeness (QED) is 0.927. The SMILES string of the molecule is CC(C)c1cc(C(=O)N2CCCC(N)C2)c2ccccc2n1. The summed E-state index contributed by atoms with van der Waals surface area (Å²) in [5, 5.41) is 0.927. The predicted octanol–water partition coefficient (Wildman–Crippen LogP) is 2.92. The predicted molar refractivity (Wildman–Crippen MR) is 88.9 cm³/mol. The third-order valence-electron chi connectivity index (χ3n) is 4.30. The van der Waals surface area contributed by atoms with E-state index >= 15 is 0 Å². The summed E-state index contributed by atoms with van der Waals surface area (Å²) in [4.78, 5) is 19.5. The number of piperidine rings is 1. The van der Waals surface area contributed by atoms with Gasteiger partial charge in [-0.2, -0.15) is 0 Å². The third kappa shape index (κ3) is 2.83. The van der Waals surface area contributed by atoms with Crippen LogP contribution in [0.15, 0.2) is 30.3 Å². The molecule has 1 aliphatic heterocycles. The van der Waals surface area contributed by atoms with Gasteiger partial charge in [-0.05, 0) is 30.9 Å². The number of carbonyl (C=O) groups is 1. The van der Waals surface area contributed by atoms with E-state index in [1.165, 1.54) is 0 Å². The molecule has 2 heterocycles. The number of aromatic nitrogens is 1. The second-order valence-corrected chi connectivity index (χ2v) is 6.42. The molecule has 4 nitrogen and oxygen atoms in total. The van der Waals surface area contributed by atoms with Crippen molar-refractivity contribution in [1.82, 2.24) is 9.88 Å². The molecule has 1 fully saturated rings. The Morgan fingerprint density at radius 2 is 2.14 bits per heavy atom. The van der Waals surface area contributed by atoms with Crippen LogP contribution in [0.5, 0.6) is 0 Å². The molecule has 1 unspecified atom stereocenters. The maximum absolute atomic E-state index is 13.0. The lowest BCUT2D eigenvalue weighted by atomic mass is 10.00. The van der Waals surface area contributed by atoms with E-state index in [-0.39, 0.29) is 11.9 Å². The fourth-order valence-electron chi connectivity index (χ4n) is 3.03. The zero-order valence-corrected chi connectivity index (χ0v) is 13.2. The number of para-hydroxylation sites is 1. The van der Waals surface area contributed by atoms with E-state index in [9.17, 15) is 4.79 Å². The number of amides is 1. The number of nitrogens with two attached hydrogens (primary N) is 1. The molecule has 1 aliphatic rings. The Morgan fingerprint density at radius 3 is 2.86 bits per heavy atom. The minimum Gasteiger partial charge on any atom is -0.337 e. The molecule has 0 spiro atoms. The number of rotatable bonds is 2. The van der Waals surface area contributed by atoms with Crippen LogP contribution in [-0.4, -0.2) is 34.9 Å². The van der Waals surface area contributed by atoms with Crippen LogP contribution in [0, 0.1) is 0 Å². The highest BCUT2D eigenvalue weighted by Crippen LogP contribution is 2.24. The van der Waals surface area contributed by atoms with Crippen molar-refractivity contribution in [2.24, 2.45) is 5.73 Å². The summed E-state index contributed by atoms with van der Waals surface area (Å²) in [6.45, 7) is 5.64. The normalized spacial score (nSPS) is 18.9. The molecule has 0 saturated carbocycles. The van der Waals surface area contributed by atoms with Crippen LogP contribution in [0.4, 0.5) is 0 Å². The van der Waals surface area contributed by atoms with Gasteiger partial charge in [0.15, 0.2) is 0 Å². The number of likely N-dealkylation sites (tertiary alicyclic amines) is 1. The molecule has 0 aliphatic carbocycles. The number of nitrogens with zero attached hydrogens (tertiary/aromatic N) is 2. The first-order valence-electron chi connectivity index (χ1n) is 8.01. The summed E-state index contributed by atoms with van der Waals surface area (Å²) < 4.78 is 0. The summed E-state index contributed by atoms with van der Waals surface area (Å²) in [6, 6.07) is 9.91. The van der Waals surface area contributed by atoms with E-state index < -0.39 is 0 Å². The minimum absolute atomic E-state index is 0.0793. The van der Waals surface area contributed by atoms with Gasteiger partial charge < -0.3 is 10.6 Å². The van der Waals surface area contributed by atoms with E-state index in [2.05, 4.69) is 18.8 Å². The first-order valence-corrected chi connectivity index (χ1v) is 8.01. The number of hydrogen-bond donors (Lipinski definition) is 1. The molecule has 1 amide bonds. The standard InChI is InChI=1S/C18H23N3O/c1-12(2)17-10-15(14-7-3-4-8-16(14)20-17)18(22)21-9-5-6-13(19)11-21/h3-4,7-8,10,12-13H,5-6,9,11,19H2,1-2H3. The second-order valence-electron chi connectivity index (χ2n) is 6.42. The van der Waals surface area contributed by atoms with Gasteiger partial charge in [-0.3, -0.25) is 9.78 Å². The summed E-state index contributed by atoms with van der Waals surface area (Å²) in [5.74, 6) is 0.371. The van der Waals surface area contributed by atoms with Crippen LogP contribution < -0.4 is 5.73 Å². The van der Waals surface area contributed by atoms with Crippen LogP contribution in [-0.2, 0) is 0 Å². The van der Waals surface area contributed by atoms with Crippen molar-refractivity contribution in [2.45, 2.75) is 38.6 Å². The fraction of sp³-hybridized carbons (Fsp3) is 0.444. The zero-order chi connectivity index (χ0) is 15.7. The summed E-state index contributed by atoms with van der Waals surface area (Å²) in [7, 11) is 0. The molecule has 0 bridgehead atoms. The van der Waals surface area contributed by atoms with Crippen molar-refractivity contribution >= 4 is 16.8 Å². The molecule has 2 aromatic rings. The van der Waals surface area contributed by atoms with Gasteiger partial charge in [0.05, 0.1) is 11.1 Å². The van der Waals surface area contributed by atoms with Gasteiger partial charge in [0.1, 0.15) is 0 Å². The smallest absolute Gasteiger partial charge is 0.254 e. The Bertz CT molecular complexity index is 696. The topological polar surface area (TPSA) is 59.2 Å². The first kappa shape index (κ1) is 15.0. The van der Waals surface area contributed by atoms with Crippen molar-refractivity contribution in [1.29, 1.82) is 0 Å². The molecule has 1 aromatic heterocycles. The maximum Gasteiger partial charge on any atom is 0.254 e. The van der Waals surface area contributed by atoms with Crippen LogP contribution in [0.2, 0.25) is 0 Å². The summed E-state index contributed by atoms with van der Waals surface area (Å²) in [5.41, 5.74) is 8.63. The van der Waals surface area contributed by atoms with Crippen molar-refractivity contribution in [3.8, 4) is 0 Å². The molecule has 22 heavy (non-hydrogen) atoms. The lowest BCUT2D eigenvalue weighted by Crippen LogP contribution is -2.45. The summed E-state index contributed by atoms with van der Waals surface area (Å²) >= 11 is 0. The van der Waals surface area contributed by atoms with Crippen molar-refractivity contribution in [3.05, 3.63) is 41.6 Å². The van der Waals surface area contributed by atoms with E-state index in [1.807, 2.05) is 35.2 Å². The molecule has 116 valence electrons. The zero-order valence-electron chi connectivity index (χ0n) is 13.2. The summed E-state index contributed by atoms with van der Waals surface area (Å²) in [6.07, 6.45) is 1.98. The van der Waals surface area contributed by atoms with E-state index in [0.717, 1.165) is 41.5 Å². The molecular formula is C18H23N3O. The van der Waals surface area contributed by atoms with Gasteiger partial charge >= 0.3 is 0 Å². The van der Waals surface area contributed by atoms with Gasteiger partial charge in [-0.15, -0.1) is 0 Å². The highest BCUT2D eigenvalue weighted by atomic mass is 16.2. The highest BCUT2D eigenvalue weighted by Gasteiger charge is 2.24. The van der Waals surface area contributed by atoms with E-state index in [0.29, 0.717) is 12.5 Å². The highest BCUT2D eigenvalue weighted by molar-refractivity contribution is 6.06. The third-order valence-corrected chi connectivity index (χ3v) is 4.30. The average molecular weight is 297 g/mol. The fourth-order valence-corrected chi connectivity index (χ4v) is 3.03. The van der Waals surface area contributed by atoms with Gasteiger partial charge in [0.25, 0.3) is 5.91 Å². The number of hydrogen-bond acceptors (Lipinski definition) is 3. The molecule has 1 atom stereocenters. The number of carbonyl (C=O) groups excluding carboxylic acids is 1. The van der Waals surface area contributed by atoms with Crippen LogP contribution in [0.3, 0.4) is 0 Å². The Kier molecular flexibility index (Phi) is 4.12. The lowest BCUT2D eigenvalue weighted by Gasteiger charge is -2.31. The van der Waals surface area contributed by atoms with Gasteiger partial charge in [0.2, 0.25) is 0 Å². The van der Waals surface area contributed by atoms with Crippen LogP contribution in [0.25, 0.3) is 10.9 Å². The number of benzene rings is 1. The van der Waals surface area contributed by atoms with E-state index in [4.69, 9.17) is 5.73 Å². The Hall–Kier alpha value is -1.94. The average Bonchev–Trinajstić information content (AvgIpc) is 2.53. The van der Waals surface area contributed by atoms with Crippen LogP contribution in [0.1, 0.15) is 48.7 Å². The monoisotopic (exact) mass is 297 g/mol. The van der Waals surface area contributed by atoms with Gasteiger partial charge in [-0.25, -0.2) is 0 Å². The second kappa shape index (κ2) is 6.05. The molecule has 4 heteroatoms. The number of pyridine rings is 1. The van der Waals surface area contributed by atoms with E-state index in [1.54, 1.807) is 0 Å². The Labute approximate surface area is 131 Å². The molecule has 1 aromatic carbocycles. The lowest BCUT2D eigenvalue weighted by molar-refractivity contribution is 0.0710. The minimum atomic E-state index is 0.0793. The van der Waals surface area contributed by atoms with Gasteiger partial charge in [0, 0.05) is 30.2 Å². The van der Waals surface area contributed by atoms with Crippen molar-refractivity contribution < 1.29 is 4.79 Å². The largest absolute Gasteiger partial charge is 0.337 e. The number of fused-ring (bicyclic) bond motifs is 1.